The first-order chi connectivity index (χ1) is 6.35. The normalized spacial score (nSPS) is 17.9. The molecule has 0 fully saturated rings. The maximum Gasteiger partial charge on any atom is 0.324 e. The van der Waals surface area contributed by atoms with Crippen molar-refractivity contribution >= 4 is 5.97 Å². The molecule has 0 saturated heterocycles. The Morgan fingerprint density at radius 2 is 2.07 bits per heavy atom. The van der Waals surface area contributed by atoms with Crippen LogP contribution in [-0.2, 0) is 4.79 Å². The first-order valence-corrected chi connectivity index (χ1v) is 5.11. The topological polar surface area (TPSA) is 66.6 Å². The molecule has 84 valence electrons. The third-order valence-corrected chi connectivity index (χ3v) is 2.64. The molecule has 4 nitrogen and oxygen atoms in total. The van der Waals surface area contributed by atoms with E-state index in [1.165, 1.54) is 0 Å². The number of carboxylic acid groups (broad SMARTS) is 1. The van der Waals surface area contributed by atoms with Crippen molar-refractivity contribution in [3.63, 3.8) is 0 Å². The molecular weight excluding hydrogens is 180 g/mol. The summed E-state index contributed by atoms with van der Waals surface area (Å²) in [5.74, 6) is -0.945. The van der Waals surface area contributed by atoms with Crippen LogP contribution in [0, 0.1) is 0 Å². The summed E-state index contributed by atoms with van der Waals surface area (Å²) in [5.41, 5.74) is 4.53. The first-order valence-electron chi connectivity index (χ1n) is 5.11. The zero-order valence-electron chi connectivity index (χ0n) is 9.58. The van der Waals surface area contributed by atoms with Crippen molar-refractivity contribution in [1.29, 1.82) is 0 Å². The van der Waals surface area contributed by atoms with Gasteiger partial charge in [-0.15, -0.1) is 0 Å². The van der Waals surface area contributed by atoms with Crippen LogP contribution in [0.3, 0.4) is 0 Å². The molecule has 0 amide bonds. The van der Waals surface area contributed by atoms with Gasteiger partial charge in [0.05, 0.1) is 0 Å². The lowest BCUT2D eigenvalue weighted by Gasteiger charge is -2.32. The van der Waals surface area contributed by atoms with Gasteiger partial charge in [0, 0.05) is 12.6 Å². The molecule has 0 aliphatic rings. The zero-order chi connectivity index (χ0) is 11.4. The molecule has 0 bridgehead atoms. The SMILES string of the molecule is CCC(C)N(CC)CC(C)(N)C(=O)O. The van der Waals surface area contributed by atoms with Crippen molar-refractivity contribution in [2.75, 3.05) is 13.1 Å². The highest BCUT2D eigenvalue weighted by Gasteiger charge is 2.31. The molecule has 0 aromatic rings. The molecule has 4 heteroatoms. The molecule has 0 aliphatic carbocycles. The van der Waals surface area contributed by atoms with Gasteiger partial charge in [-0.05, 0) is 26.8 Å². The summed E-state index contributed by atoms with van der Waals surface area (Å²) < 4.78 is 0. The Kier molecular flexibility index (Phi) is 5.08. The van der Waals surface area contributed by atoms with Gasteiger partial charge in [-0.3, -0.25) is 9.69 Å². The minimum Gasteiger partial charge on any atom is -0.480 e. The van der Waals surface area contributed by atoms with Crippen molar-refractivity contribution < 1.29 is 9.90 Å². The second-order valence-electron chi connectivity index (χ2n) is 4.04. The van der Waals surface area contributed by atoms with Crippen molar-refractivity contribution in [2.45, 2.75) is 45.7 Å². The van der Waals surface area contributed by atoms with Crippen LogP contribution in [0.25, 0.3) is 0 Å². The summed E-state index contributed by atoms with van der Waals surface area (Å²) in [5, 5.41) is 8.89. The van der Waals surface area contributed by atoms with E-state index in [1.807, 2.05) is 6.92 Å². The molecule has 0 aromatic heterocycles. The molecule has 0 radical (unpaired) electrons. The molecule has 2 atom stereocenters. The third kappa shape index (κ3) is 3.64. The van der Waals surface area contributed by atoms with E-state index < -0.39 is 11.5 Å². The second kappa shape index (κ2) is 5.32. The minimum atomic E-state index is -1.15. The lowest BCUT2D eigenvalue weighted by Crippen LogP contribution is -2.55. The summed E-state index contributed by atoms with van der Waals surface area (Å²) in [6.45, 7) is 8.97. The number of aliphatic carboxylic acids is 1. The van der Waals surface area contributed by atoms with E-state index in [1.54, 1.807) is 6.92 Å². The summed E-state index contributed by atoms with van der Waals surface area (Å²) in [6.07, 6.45) is 1.00. The number of hydrogen-bond acceptors (Lipinski definition) is 3. The van der Waals surface area contributed by atoms with Crippen molar-refractivity contribution in [3.8, 4) is 0 Å². The van der Waals surface area contributed by atoms with Crippen molar-refractivity contribution in [2.24, 2.45) is 5.73 Å². The second-order valence-corrected chi connectivity index (χ2v) is 4.04. The van der Waals surface area contributed by atoms with Gasteiger partial charge in [0.1, 0.15) is 5.54 Å². The molecule has 0 saturated carbocycles. The highest BCUT2D eigenvalue weighted by molar-refractivity contribution is 5.78. The van der Waals surface area contributed by atoms with Gasteiger partial charge in [-0.25, -0.2) is 0 Å². The van der Waals surface area contributed by atoms with Crippen LogP contribution in [0.15, 0.2) is 0 Å². The van der Waals surface area contributed by atoms with Gasteiger partial charge in [0.25, 0.3) is 0 Å². The number of likely N-dealkylation sites (N-methyl/N-ethyl adjacent to an activating group) is 1. The number of carbonyl (C=O) groups is 1. The average molecular weight is 202 g/mol. The number of nitrogens with two attached hydrogens (primary N) is 1. The Labute approximate surface area is 86.1 Å². The summed E-state index contributed by atoms with van der Waals surface area (Å²) in [7, 11) is 0. The van der Waals surface area contributed by atoms with E-state index in [-0.39, 0.29) is 0 Å². The maximum atomic E-state index is 10.8. The molecule has 2 unspecified atom stereocenters. The Morgan fingerprint density at radius 1 is 1.57 bits per heavy atom. The van der Waals surface area contributed by atoms with Gasteiger partial charge in [0.2, 0.25) is 0 Å². The molecule has 0 rings (SSSR count). The van der Waals surface area contributed by atoms with Gasteiger partial charge >= 0.3 is 5.97 Å². The highest BCUT2D eigenvalue weighted by atomic mass is 16.4. The van der Waals surface area contributed by atoms with E-state index in [9.17, 15) is 4.79 Å². The molecule has 0 spiro atoms. The predicted molar refractivity (Wildman–Crippen MR) is 57.2 cm³/mol. The predicted octanol–water partition coefficient (Wildman–Crippen LogP) is 0.909. The van der Waals surface area contributed by atoms with Gasteiger partial charge in [-0.2, -0.15) is 0 Å². The Hall–Kier alpha value is -0.610. The van der Waals surface area contributed by atoms with Crippen molar-refractivity contribution in [1.82, 2.24) is 4.90 Å². The summed E-state index contributed by atoms with van der Waals surface area (Å²) in [6, 6.07) is 0.377. The van der Waals surface area contributed by atoms with E-state index in [0.29, 0.717) is 12.6 Å². The van der Waals surface area contributed by atoms with Crippen LogP contribution in [0.2, 0.25) is 0 Å². The van der Waals surface area contributed by atoms with Crippen LogP contribution in [-0.4, -0.2) is 40.6 Å². The van der Waals surface area contributed by atoms with E-state index >= 15 is 0 Å². The smallest absolute Gasteiger partial charge is 0.324 e. The molecule has 0 aromatic carbocycles. The van der Waals surface area contributed by atoms with E-state index in [0.717, 1.165) is 13.0 Å². The lowest BCUT2D eigenvalue weighted by molar-refractivity contribution is -0.143. The molecule has 14 heavy (non-hydrogen) atoms. The van der Waals surface area contributed by atoms with E-state index in [2.05, 4.69) is 18.7 Å². The number of nitrogens with zero attached hydrogens (tertiary/aromatic N) is 1. The lowest BCUT2D eigenvalue weighted by atomic mass is 10.0. The Bertz CT molecular complexity index is 193. The number of hydrogen-bond donors (Lipinski definition) is 2. The largest absolute Gasteiger partial charge is 0.480 e. The zero-order valence-corrected chi connectivity index (χ0v) is 9.58. The quantitative estimate of drug-likeness (QED) is 0.672. The molecular formula is C10H22N2O2. The van der Waals surface area contributed by atoms with Crippen LogP contribution in [0.1, 0.15) is 34.1 Å². The molecule has 0 aliphatic heterocycles. The fourth-order valence-corrected chi connectivity index (χ4v) is 1.33. The Balaban J connectivity index is 4.38. The fourth-order valence-electron chi connectivity index (χ4n) is 1.33. The van der Waals surface area contributed by atoms with Crippen molar-refractivity contribution in [3.05, 3.63) is 0 Å². The van der Waals surface area contributed by atoms with Crippen LogP contribution in [0.5, 0.6) is 0 Å². The standard InChI is InChI=1S/C10H22N2O2/c1-5-8(3)12(6-2)7-10(4,11)9(13)14/h8H,5-7,11H2,1-4H3,(H,13,14). The highest BCUT2D eigenvalue weighted by Crippen LogP contribution is 2.09. The third-order valence-electron chi connectivity index (χ3n) is 2.64. The first kappa shape index (κ1) is 13.4. The van der Waals surface area contributed by atoms with Gasteiger partial charge in [-0.1, -0.05) is 13.8 Å². The maximum absolute atomic E-state index is 10.8. The van der Waals surface area contributed by atoms with Crippen LogP contribution >= 0.6 is 0 Å². The fraction of sp³-hybridized carbons (Fsp3) is 0.900. The Morgan fingerprint density at radius 3 is 2.36 bits per heavy atom. The minimum absolute atomic E-state index is 0.377. The van der Waals surface area contributed by atoms with Crippen LogP contribution in [0.4, 0.5) is 0 Å². The number of carboxylic acids is 1. The van der Waals surface area contributed by atoms with Gasteiger partial charge in [0.15, 0.2) is 0 Å². The monoisotopic (exact) mass is 202 g/mol. The van der Waals surface area contributed by atoms with Gasteiger partial charge < -0.3 is 10.8 Å². The number of rotatable bonds is 6. The summed E-state index contributed by atoms with van der Waals surface area (Å²) >= 11 is 0. The summed E-state index contributed by atoms with van der Waals surface area (Å²) in [4.78, 5) is 12.9. The average Bonchev–Trinajstić information content (AvgIpc) is 2.12. The molecule has 0 heterocycles. The van der Waals surface area contributed by atoms with Crippen LogP contribution < -0.4 is 5.73 Å². The molecule has 3 N–H and O–H groups in total. The van der Waals surface area contributed by atoms with E-state index in [4.69, 9.17) is 10.8 Å².